The molecule has 27 heavy (non-hydrogen) atoms. The first-order valence-corrected chi connectivity index (χ1v) is 9.20. The summed E-state index contributed by atoms with van der Waals surface area (Å²) < 4.78 is 10.1. The van der Waals surface area contributed by atoms with Gasteiger partial charge in [-0.1, -0.05) is 25.8 Å². The number of phenols is 1. The molecule has 2 N–H and O–H groups in total. The van der Waals surface area contributed by atoms with E-state index in [1.54, 1.807) is 12.1 Å². The number of amides is 1. The zero-order valence-electron chi connectivity index (χ0n) is 16.9. The van der Waals surface area contributed by atoms with E-state index in [9.17, 15) is 14.7 Å². The van der Waals surface area contributed by atoms with Gasteiger partial charge >= 0.3 is 5.97 Å². The molecule has 1 aromatic carbocycles. The molecular weight excluding hydrogens is 346 g/mol. The summed E-state index contributed by atoms with van der Waals surface area (Å²) in [6.07, 6.45) is 4.44. The molecule has 1 aromatic rings. The quantitative estimate of drug-likeness (QED) is 0.480. The highest BCUT2D eigenvalue weighted by Gasteiger charge is 2.10. The number of carbonyl (C=O) groups is 2. The van der Waals surface area contributed by atoms with Crippen molar-refractivity contribution in [3.63, 3.8) is 0 Å². The van der Waals surface area contributed by atoms with Crippen molar-refractivity contribution >= 4 is 11.9 Å². The summed E-state index contributed by atoms with van der Waals surface area (Å²) in [7, 11) is 1.46. The summed E-state index contributed by atoms with van der Waals surface area (Å²) in [6.45, 7) is 7.98. The zero-order chi connectivity index (χ0) is 20.4. The third-order valence-corrected chi connectivity index (χ3v) is 4.18. The Hall–Kier alpha value is -2.50. The van der Waals surface area contributed by atoms with Crippen molar-refractivity contribution in [1.82, 2.24) is 5.32 Å². The third kappa shape index (κ3) is 8.62. The molecule has 0 aromatic heterocycles. The lowest BCUT2D eigenvalue weighted by molar-refractivity contribution is -0.143. The van der Waals surface area contributed by atoms with Gasteiger partial charge in [-0.05, 0) is 55.9 Å². The van der Waals surface area contributed by atoms with Gasteiger partial charge in [0.25, 0.3) is 5.91 Å². The van der Waals surface area contributed by atoms with Crippen LogP contribution in [0.1, 0.15) is 51.2 Å². The van der Waals surface area contributed by atoms with E-state index in [0.29, 0.717) is 11.7 Å². The van der Waals surface area contributed by atoms with Crippen LogP contribution in [0.25, 0.3) is 0 Å². The standard InChI is InChI=1S/C21H31NO5/c1-14(2)7-6-8-15(3)9-21(25)27-13-20(24)22-12-17-11-19(26-5)18(23)10-16(17)4/h9-11,14,23H,6-8,12-13H2,1-5H3,(H,22,24)/b15-9+. The average Bonchev–Trinajstić information content (AvgIpc) is 2.58. The van der Waals surface area contributed by atoms with Crippen LogP contribution in [0.4, 0.5) is 0 Å². The molecule has 0 fully saturated rings. The van der Waals surface area contributed by atoms with Crippen LogP contribution in [0.3, 0.4) is 0 Å². The number of nitrogens with one attached hydrogen (secondary N) is 1. The van der Waals surface area contributed by atoms with E-state index in [0.717, 1.165) is 36.0 Å². The van der Waals surface area contributed by atoms with E-state index < -0.39 is 5.97 Å². The minimum Gasteiger partial charge on any atom is -0.504 e. The Morgan fingerprint density at radius 1 is 1.30 bits per heavy atom. The lowest BCUT2D eigenvalue weighted by Crippen LogP contribution is -2.28. The summed E-state index contributed by atoms with van der Waals surface area (Å²) in [5.41, 5.74) is 2.59. The second-order valence-corrected chi connectivity index (χ2v) is 7.11. The Balaban J connectivity index is 2.42. The van der Waals surface area contributed by atoms with E-state index in [4.69, 9.17) is 9.47 Å². The van der Waals surface area contributed by atoms with Gasteiger partial charge in [0.15, 0.2) is 18.1 Å². The highest BCUT2D eigenvalue weighted by Crippen LogP contribution is 2.28. The number of phenolic OH excluding ortho intramolecular Hbond substituents is 1. The lowest BCUT2D eigenvalue weighted by Gasteiger charge is -2.11. The Labute approximate surface area is 161 Å². The van der Waals surface area contributed by atoms with Crippen molar-refractivity contribution in [3.8, 4) is 11.5 Å². The average molecular weight is 377 g/mol. The van der Waals surface area contributed by atoms with Crippen LogP contribution in [0, 0.1) is 12.8 Å². The molecule has 0 radical (unpaired) electrons. The topological polar surface area (TPSA) is 84.9 Å². The zero-order valence-corrected chi connectivity index (χ0v) is 16.9. The van der Waals surface area contributed by atoms with Gasteiger partial charge in [-0.25, -0.2) is 4.79 Å². The van der Waals surface area contributed by atoms with Crippen molar-refractivity contribution in [2.24, 2.45) is 5.92 Å². The summed E-state index contributed by atoms with van der Waals surface area (Å²) in [5, 5.41) is 12.4. The normalized spacial score (nSPS) is 11.4. The Morgan fingerprint density at radius 3 is 2.63 bits per heavy atom. The number of ether oxygens (including phenoxy) is 2. The predicted octanol–water partition coefficient (Wildman–Crippen LogP) is 3.64. The summed E-state index contributed by atoms with van der Waals surface area (Å²) >= 11 is 0. The number of allylic oxidation sites excluding steroid dienone is 1. The number of benzene rings is 1. The first kappa shape index (κ1) is 22.5. The van der Waals surface area contributed by atoms with Gasteiger partial charge in [0.2, 0.25) is 0 Å². The van der Waals surface area contributed by atoms with Crippen molar-refractivity contribution in [3.05, 3.63) is 34.9 Å². The molecule has 1 amide bonds. The van der Waals surface area contributed by atoms with E-state index >= 15 is 0 Å². The summed E-state index contributed by atoms with van der Waals surface area (Å²) in [6, 6.07) is 3.24. The number of hydrogen-bond donors (Lipinski definition) is 2. The van der Waals surface area contributed by atoms with E-state index in [1.807, 2.05) is 13.8 Å². The molecule has 0 heterocycles. The summed E-state index contributed by atoms with van der Waals surface area (Å²) in [4.78, 5) is 23.7. The van der Waals surface area contributed by atoms with Gasteiger partial charge in [0.05, 0.1) is 7.11 Å². The van der Waals surface area contributed by atoms with E-state index in [-0.39, 0.29) is 24.8 Å². The highest BCUT2D eigenvalue weighted by atomic mass is 16.5. The fourth-order valence-electron chi connectivity index (χ4n) is 2.55. The second-order valence-electron chi connectivity index (χ2n) is 7.11. The van der Waals surface area contributed by atoms with Gasteiger partial charge in [-0.2, -0.15) is 0 Å². The number of aromatic hydroxyl groups is 1. The summed E-state index contributed by atoms with van der Waals surface area (Å²) in [5.74, 6) is 0.143. The molecular formula is C21H31NO5. The van der Waals surface area contributed by atoms with Crippen molar-refractivity contribution in [1.29, 1.82) is 0 Å². The van der Waals surface area contributed by atoms with Crippen molar-refractivity contribution in [2.45, 2.75) is 53.5 Å². The van der Waals surface area contributed by atoms with Gasteiger partial charge in [-0.3, -0.25) is 4.79 Å². The van der Waals surface area contributed by atoms with Gasteiger partial charge < -0.3 is 19.9 Å². The van der Waals surface area contributed by atoms with Crippen LogP contribution in [0.2, 0.25) is 0 Å². The molecule has 6 nitrogen and oxygen atoms in total. The first-order valence-electron chi connectivity index (χ1n) is 9.20. The molecule has 0 aliphatic heterocycles. The van der Waals surface area contributed by atoms with Crippen LogP contribution in [0.5, 0.6) is 11.5 Å². The number of methoxy groups -OCH3 is 1. The molecule has 0 bridgehead atoms. The molecule has 0 spiro atoms. The molecule has 0 aliphatic rings. The smallest absolute Gasteiger partial charge is 0.331 e. The fourth-order valence-corrected chi connectivity index (χ4v) is 2.55. The van der Waals surface area contributed by atoms with E-state index in [2.05, 4.69) is 19.2 Å². The Bertz CT molecular complexity index is 679. The molecule has 0 saturated carbocycles. The Kier molecular flexibility index (Phi) is 9.40. The maximum atomic E-state index is 11.9. The number of aryl methyl sites for hydroxylation is 1. The highest BCUT2D eigenvalue weighted by molar-refractivity contribution is 5.86. The largest absolute Gasteiger partial charge is 0.504 e. The van der Waals surface area contributed by atoms with Crippen LogP contribution >= 0.6 is 0 Å². The maximum absolute atomic E-state index is 11.9. The minimum atomic E-state index is -0.505. The monoisotopic (exact) mass is 377 g/mol. The number of carbonyl (C=O) groups excluding carboxylic acids is 2. The molecule has 0 atom stereocenters. The van der Waals surface area contributed by atoms with Gasteiger partial charge in [-0.15, -0.1) is 0 Å². The van der Waals surface area contributed by atoms with Gasteiger partial charge in [0, 0.05) is 12.6 Å². The number of hydrogen-bond acceptors (Lipinski definition) is 5. The maximum Gasteiger partial charge on any atom is 0.331 e. The van der Waals surface area contributed by atoms with Crippen LogP contribution < -0.4 is 10.1 Å². The van der Waals surface area contributed by atoms with Gasteiger partial charge in [0.1, 0.15) is 0 Å². The van der Waals surface area contributed by atoms with E-state index in [1.165, 1.54) is 13.2 Å². The predicted molar refractivity (Wildman–Crippen MR) is 105 cm³/mol. The lowest BCUT2D eigenvalue weighted by atomic mass is 10.0. The molecule has 0 saturated heterocycles. The number of esters is 1. The minimum absolute atomic E-state index is 0.0505. The van der Waals surface area contributed by atoms with Crippen LogP contribution in [-0.2, 0) is 20.9 Å². The molecule has 6 heteroatoms. The molecule has 1 rings (SSSR count). The van der Waals surface area contributed by atoms with Crippen LogP contribution in [-0.4, -0.2) is 30.7 Å². The third-order valence-electron chi connectivity index (χ3n) is 4.18. The molecule has 150 valence electrons. The SMILES string of the molecule is COc1cc(CNC(=O)COC(=O)/C=C(\C)CCCC(C)C)c(C)cc1O. The van der Waals surface area contributed by atoms with Crippen LogP contribution in [0.15, 0.2) is 23.8 Å². The second kappa shape index (κ2) is 11.3. The van der Waals surface area contributed by atoms with Crippen molar-refractivity contribution in [2.75, 3.05) is 13.7 Å². The first-order chi connectivity index (χ1) is 12.7. The fraction of sp³-hybridized carbons (Fsp3) is 0.524. The Morgan fingerprint density at radius 2 is 2.00 bits per heavy atom. The molecule has 0 aliphatic carbocycles. The number of rotatable bonds is 10. The van der Waals surface area contributed by atoms with Crippen molar-refractivity contribution < 1.29 is 24.2 Å². The molecule has 0 unspecified atom stereocenters.